The SMILES string of the molecule is Clc1cccc(N2CCN([C@@H]3CCCN(Cc4ccc5nonc5c4)C3)CC2)c1. The van der Waals surface area contributed by atoms with Crippen LogP contribution in [-0.4, -0.2) is 65.4 Å². The summed E-state index contributed by atoms with van der Waals surface area (Å²) in [5.41, 5.74) is 4.18. The van der Waals surface area contributed by atoms with E-state index in [0.29, 0.717) is 6.04 Å². The van der Waals surface area contributed by atoms with E-state index in [-0.39, 0.29) is 0 Å². The summed E-state index contributed by atoms with van der Waals surface area (Å²) in [6.07, 6.45) is 2.55. The molecular formula is C22H26ClN5O. The third-order valence-corrected chi connectivity index (χ3v) is 6.44. The minimum absolute atomic E-state index is 0.641. The van der Waals surface area contributed by atoms with Crippen LogP contribution in [-0.2, 0) is 6.54 Å². The van der Waals surface area contributed by atoms with Crippen molar-refractivity contribution < 1.29 is 4.63 Å². The normalized spacial score (nSPS) is 21.7. The van der Waals surface area contributed by atoms with E-state index < -0.39 is 0 Å². The lowest BCUT2D eigenvalue weighted by atomic mass is 10.0. The van der Waals surface area contributed by atoms with Gasteiger partial charge in [0.05, 0.1) is 0 Å². The van der Waals surface area contributed by atoms with Gasteiger partial charge in [0.2, 0.25) is 0 Å². The molecule has 2 saturated heterocycles. The standard InChI is InChI=1S/C22H26ClN5O/c23-18-3-1-4-19(14-18)27-9-11-28(12-10-27)20-5-2-8-26(16-20)15-17-6-7-21-22(13-17)25-29-24-21/h1,3-4,6-7,13-14,20H,2,5,8-12,15-16H2/t20-/m1/s1. The van der Waals surface area contributed by atoms with E-state index >= 15 is 0 Å². The molecule has 5 rings (SSSR count). The summed E-state index contributed by atoms with van der Waals surface area (Å²) in [5, 5.41) is 8.68. The fourth-order valence-electron chi connectivity index (χ4n) is 4.68. The summed E-state index contributed by atoms with van der Waals surface area (Å²) >= 11 is 6.17. The van der Waals surface area contributed by atoms with Gasteiger partial charge >= 0.3 is 0 Å². The summed E-state index contributed by atoms with van der Waals surface area (Å²) in [6.45, 7) is 7.60. The molecule has 0 spiro atoms. The fraction of sp³-hybridized carbons (Fsp3) is 0.455. The second kappa shape index (κ2) is 8.30. The van der Waals surface area contributed by atoms with Crippen LogP contribution >= 0.6 is 11.6 Å². The van der Waals surface area contributed by atoms with Gasteiger partial charge in [0.1, 0.15) is 11.0 Å². The molecule has 0 amide bonds. The van der Waals surface area contributed by atoms with Gasteiger partial charge in [-0.05, 0) is 65.6 Å². The average Bonchev–Trinajstić information content (AvgIpc) is 3.22. The van der Waals surface area contributed by atoms with Gasteiger partial charge in [-0.25, -0.2) is 4.63 Å². The third kappa shape index (κ3) is 4.25. The van der Waals surface area contributed by atoms with Crippen LogP contribution < -0.4 is 4.90 Å². The van der Waals surface area contributed by atoms with Crippen LogP contribution in [0.3, 0.4) is 0 Å². The minimum Gasteiger partial charge on any atom is -0.369 e. The topological polar surface area (TPSA) is 48.6 Å². The van der Waals surface area contributed by atoms with E-state index in [0.717, 1.165) is 61.9 Å². The molecule has 1 aromatic heterocycles. The van der Waals surface area contributed by atoms with Crippen LogP contribution in [0.2, 0.25) is 5.02 Å². The van der Waals surface area contributed by atoms with E-state index in [2.05, 4.69) is 49.3 Å². The number of nitrogens with zero attached hydrogens (tertiary/aromatic N) is 5. The molecule has 3 aromatic rings. The van der Waals surface area contributed by atoms with Crippen molar-refractivity contribution in [3.8, 4) is 0 Å². The molecule has 1 atom stereocenters. The van der Waals surface area contributed by atoms with Crippen LogP contribution in [0.25, 0.3) is 11.0 Å². The number of benzene rings is 2. The number of halogens is 1. The average molecular weight is 412 g/mol. The second-order valence-corrected chi connectivity index (χ2v) is 8.56. The van der Waals surface area contributed by atoms with E-state index in [1.54, 1.807) is 0 Å². The molecule has 2 aliphatic rings. The van der Waals surface area contributed by atoms with Crippen LogP contribution in [0.5, 0.6) is 0 Å². The molecule has 152 valence electrons. The van der Waals surface area contributed by atoms with Crippen molar-refractivity contribution in [1.29, 1.82) is 0 Å². The van der Waals surface area contributed by atoms with Gasteiger partial charge in [0.15, 0.2) is 0 Å². The van der Waals surface area contributed by atoms with Gasteiger partial charge in [0.25, 0.3) is 0 Å². The highest BCUT2D eigenvalue weighted by atomic mass is 35.5. The largest absolute Gasteiger partial charge is 0.369 e. The Bertz CT molecular complexity index is 969. The predicted octanol–water partition coefficient (Wildman–Crippen LogP) is 3.66. The zero-order valence-electron chi connectivity index (χ0n) is 16.5. The molecule has 2 aromatic carbocycles. The molecule has 0 aliphatic carbocycles. The van der Waals surface area contributed by atoms with Crippen LogP contribution in [0, 0.1) is 0 Å². The summed E-state index contributed by atoms with van der Waals surface area (Å²) < 4.78 is 4.82. The van der Waals surface area contributed by atoms with Crippen molar-refractivity contribution in [1.82, 2.24) is 20.1 Å². The smallest absolute Gasteiger partial charge is 0.135 e. The Morgan fingerprint density at radius 3 is 2.69 bits per heavy atom. The molecule has 29 heavy (non-hydrogen) atoms. The second-order valence-electron chi connectivity index (χ2n) is 8.12. The number of piperazine rings is 1. The molecule has 2 fully saturated rings. The minimum atomic E-state index is 0.641. The first-order valence-electron chi connectivity index (χ1n) is 10.4. The number of fused-ring (bicyclic) bond motifs is 1. The van der Waals surface area contributed by atoms with Crippen molar-refractivity contribution in [3.05, 3.63) is 53.1 Å². The summed E-state index contributed by atoms with van der Waals surface area (Å²) in [4.78, 5) is 7.70. The first-order valence-corrected chi connectivity index (χ1v) is 10.8. The molecular weight excluding hydrogens is 386 g/mol. The zero-order chi connectivity index (χ0) is 19.6. The van der Waals surface area contributed by atoms with Crippen LogP contribution in [0.15, 0.2) is 47.1 Å². The highest BCUT2D eigenvalue weighted by Gasteiger charge is 2.28. The Hall–Kier alpha value is -2.15. The van der Waals surface area contributed by atoms with Gasteiger partial charge in [0, 0.05) is 56.0 Å². The number of hydrogen-bond acceptors (Lipinski definition) is 6. The molecule has 6 nitrogen and oxygen atoms in total. The summed E-state index contributed by atoms with van der Waals surface area (Å²) in [5.74, 6) is 0. The summed E-state index contributed by atoms with van der Waals surface area (Å²) in [7, 11) is 0. The molecule has 0 unspecified atom stereocenters. The van der Waals surface area contributed by atoms with Gasteiger partial charge in [-0.3, -0.25) is 9.80 Å². The Balaban J connectivity index is 1.18. The molecule has 3 heterocycles. The van der Waals surface area contributed by atoms with Crippen molar-refractivity contribution in [2.24, 2.45) is 0 Å². The maximum absolute atomic E-state index is 6.17. The van der Waals surface area contributed by atoms with Gasteiger partial charge in [-0.15, -0.1) is 0 Å². The fourth-order valence-corrected chi connectivity index (χ4v) is 4.86. The molecule has 0 bridgehead atoms. The Morgan fingerprint density at radius 2 is 1.83 bits per heavy atom. The van der Waals surface area contributed by atoms with E-state index in [1.165, 1.54) is 24.1 Å². The van der Waals surface area contributed by atoms with Gasteiger partial charge in [-0.1, -0.05) is 23.7 Å². The molecule has 0 N–H and O–H groups in total. The molecule has 0 saturated carbocycles. The lowest BCUT2D eigenvalue weighted by Gasteiger charge is -2.44. The number of hydrogen-bond donors (Lipinski definition) is 0. The number of rotatable bonds is 4. The van der Waals surface area contributed by atoms with Gasteiger partial charge < -0.3 is 4.90 Å². The van der Waals surface area contributed by atoms with E-state index in [1.807, 2.05) is 18.2 Å². The highest BCUT2D eigenvalue weighted by Crippen LogP contribution is 2.24. The lowest BCUT2D eigenvalue weighted by Crippen LogP contribution is -2.55. The number of anilines is 1. The number of aromatic nitrogens is 2. The molecule has 2 aliphatic heterocycles. The summed E-state index contributed by atoms with van der Waals surface area (Å²) in [6, 6.07) is 15.1. The maximum Gasteiger partial charge on any atom is 0.135 e. The molecule has 0 radical (unpaired) electrons. The third-order valence-electron chi connectivity index (χ3n) is 6.21. The quantitative estimate of drug-likeness (QED) is 0.653. The Kier molecular flexibility index (Phi) is 5.40. The number of likely N-dealkylation sites (tertiary alicyclic amines) is 1. The van der Waals surface area contributed by atoms with Crippen molar-refractivity contribution in [3.63, 3.8) is 0 Å². The van der Waals surface area contributed by atoms with Gasteiger partial charge in [-0.2, -0.15) is 0 Å². The Morgan fingerprint density at radius 1 is 0.966 bits per heavy atom. The zero-order valence-corrected chi connectivity index (χ0v) is 17.3. The first kappa shape index (κ1) is 18.9. The Labute approximate surface area is 176 Å². The van der Waals surface area contributed by atoms with E-state index in [4.69, 9.17) is 16.2 Å². The van der Waals surface area contributed by atoms with Crippen molar-refractivity contribution in [2.45, 2.75) is 25.4 Å². The van der Waals surface area contributed by atoms with E-state index in [9.17, 15) is 0 Å². The predicted molar refractivity (Wildman–Crippen MR) is 115 cm³/mol. The molecule has 7 heteroatoms. The lowest BCUT2D eigenvalue weighted by molar-refractivity contribution is 0.0888. The van der Waals surface area contributed by atoms with Crippen molar-refractivity contribution >= 4 is 28.3 Å². The monoisotopic (exact) mass is 411 g/mol. The highest BCUT2D eigenvalue weighted by molar-refractivity contribution is 6.30. The van der Waals surface area contributed by atoms with Crippen LogP contribution in [0.4, 0.5) is 5.69 Å². The van der Waals surface area contributed by atoms with Crippen molar-refractivity contribution in [2.75, 3.05) is 44.2 Å². The van der Waals surface area contributed by atoms with Crippen LogP contribution in [0.1, 0.15) is 18.4 Å². The first-order chi connectivity index (χ1) is 14.2. The number of piperidine rings is 1. The maximum atomic E-state index is 6.17.